The molecule has 0 aliphatic rings. The van der Waals surface area contributed by atoms with Crippen molar-refractivity contribution < 1.29 is 14.6 Å². The molecule has 142 valence electrons. The van der Waals surface area contributed by atoms with Crippen LogP contribution in [-0.2, 0) is 17.8 Å². The van der Waals surface area contributed by atoms with Crippen LogP contribution in [0.25, 0.3) is 16.8 Å². The van der Waals surface area contributed by atoms with Gasteiger partial charge in [0.2, 0.25) is 0 Å². The highest BCUT2D eigenvalue weighted by molar-refractivity contribution is 5.90. The maximum absolute atomic E-state index is 12.3. The first-order chi connectivity index (χ1) is 13.0. The van der Waals surface area contributed by atoms with Gasteiger partial charge in [-0.25, -0.2) is 14.3 Å². The third-order valence-corrected chi connectivity index (χ3v) is 4.61. The topological polar surface area (TPSA) is 76.7 Å². The van der Waals surface area contributed by atoms with E-state index in [2.05, 4.69) is 17.0 Å². The minimum Gasteiger partial charge on any atom is -0.461 e. The molecule has 0 amide bonds. The van der Waals surface area contributed by atoms with Crippen LogP contribution in [0.15, 0.2) is 24.3 Å². The van der Waals surface area contributed by atoms with Gasteiger partial charge in [-0.1, -0.05) is 31.5 Å². The zero-order valence-electron chi connectivity index (χ0n) is 16.2. The smallest absolute Gasteiger partial charge is 0.357 e. The summed E-state index contributed by atoms with van der Waals surface area (Å²) in [6.07, 6.45) is 1.64. The quantitative estimate of drug-likeness (QED) is 0.673. The van der Waals surface area contributed by atoms with Gasteiger partial charge in [-0.3, -0.25) is 0 Å². The fourth-order valence-corrected chi connectivity index (χ4v) is 3.44. The SMILES string of the molecule is CCCc1cc(C(=O)OCC)nc2c(-c3c(C)cccc3C)c(CO)nn12. The number of ether oxygens (including phenoxy) is 1. The van der Waals surface area contributed by atoms with E-state index in [0.29, 0.717) is 17.9 Å². The molecule has 0 saturated carbocycles. The lowest BCUT2D eigenvalue weighted by molar-refractivity contribution is 0.0519. The molecule has 1 N–H and O–H groups in total. The summed E-state index contributed by atoms with van der Waals surface area (Å²) in [6, 6.07) is 7.78. The number of aliphatic hydroxyl groups is 1. The Morgan fingerprint density at radius 2 is 1.89 bits per heavy atom. The van der Waals surface area contributed by atoms with Crippen LogP contribution in [0.1, 0.15) is 53.3 Å². The number of benzene rings is 1. The van der Waals surface area contributed by atoms with Crippen LogP contribution in [0.3, 0.4) is 0 Å². The van der Waals surface area contributed by atoms with Gasteiger partial charge in [0.05, 0.1) is 24.5 Å². The highest BCUT2D eigenvalue weighted by atomic mass is 16.5. The van der Waals surface area contributed by atoms with Gasteiger partial charge in [-0.15, -0.1) is 0 Å². The predicted octanol–water partition coefficient (Wildman–Crippen LogP) is 3.63. The maximum Gasteiger partial charge on any atom is 0.357 e. The van der Waals surface area contributed by atoms with Crippen LogP contribution in [-0.4, -0.2) is 32.3 Å². The van der Waals surface area contributed by atoms with Gasteiger partial charge in [0.15, 0.2) is 11.3 Å². The Kier molecular flexibility index (Phi) is 5.56. The molecule has 0 unspecified atom stereocenters. The first-order valence-corrected chi connectivity index (χ1v) is 9.27. The summed E-state index contributed by atoms with van der Waals surface area (Å²) in [5.41, 5.74) is 6.18. The molecule has 2 heterocycles. The van der Waals surface area contributed by atoms with E-state index >= 15 is 0 Å². The monoisotopic (exact) mass is 367 g/mol. The van der Waals surface area contributed by atoms with E-state index in [1.54, 1.807) is 17.5 Å². The molecule has 3 aromatic rings. The number of aliphatic hydroxyl groups excluding tert-OH is 1. The van der Waals surface area contributed by atoms with E-state index in [-0.39, 0.29) is 12.3 Å². The Labute approximate surface area is 158 Å². The lowest BCUT2D eigenvalue weighted by atomic mass is 9.95. The second-order valence-corrected chi connectivity index (χ2v) is 6.59. The Bertz CT molecular complexity index is 972. The van der Waals surface area contributed by atoms with Gasteiger partial charge < -0.3 is 9.84 Å². The molecule has 0 aliphatic heterocycles. The number of hydrogen-bond donors (Lipinski definition) is 1. The molecule has 0 aliphatic carbocycles. The van der Waals surface area contributed by atoms with E-state index in [4.69, 9.17) is 4.74 Å². The maximum atomic E-state index is 12.3. The van der Waals surface area contributed by atoms with Crippen LogP contribution < -0.4 is 0 Å². The second-order valence-electron chi connectivity index (χ2n) is 6.59. The van der Waals surface area contributed by atoms with Gasteiger partial charge in [0.1, 0.15) is 0 Å². The molecule has 2 aromatic heterocycles. The van der Waals surface area contributed by atoms with Crippen molar-refractivity contribution >= 4 is 11.6 Å². The average molecular weight is 367 g/mol. The number of carbonyl (C=O) groups is 1. The molecule has 0 fully saturated rings. The third kappa shape index (κ3) is 3.45. The summed E-state index contributed by atoms with van der Waals surface area (Å²) in [5.74, 6) is -0.448. The van der Waals surface area contributed by atoms with Crippen LogP contribution in [0.5, 0.6) is 0 Å². The van der Waals surface area contributed by atoms with Crippen LogP contribution in [0.4, 0.5) is 0 Å². The van der Waals surface area contributed by atoms with E-state index in [1.807, 2.05) is 32.0 Å². The molecule has 0 atom stereocenters. The molecular formula is C21H25N3O3. The molecule has 0 saturated heterocycles. The molecule has 0 bridgehead atoms. The largest absolute Gasteiger partial charge is 0.461 e. The third-order valence-electron chi connectivity index (χ3n) is 4.61. The molecule has 27 heavy (non-hydrogen) atoms. The lowest BCUT2D eigenvalue weighted by Gasteiger charge is -2.11. The van der Waals surface area contributed by atoms with Crippen molar-refractivity contribution in [3.63, 3.8) is 0 Å². The summed E-state index contributed by atoms with van der Waals surface area (Å²) in [7, 11) is 0. The summed E-state index contributed by atoms with van der Waals surface area (Å²) in [4.78, 5) is 16.9. The summed E-state index contributed by atoms with van der Waals surface area (Å²) in [5, 5.41) is 14.6. The van der Waals surface area contributed by atoms with Gasteiger partial charge in [-0.05, 0) is 49.9 Å². The number of aromatic nitrogens is 3. The van der Waals surface area contributed by atoms with Gasteiger partial charge in [-0.2, -0.15) is 5.10 Å². The fourth-order valence-electron chi connectivity index (χ4n) is 3.44. The molecule has 6 nitrogen and oxygen atoms in total. The van der Waals surface area contributed by atoms with E-state index in [9.17, 15) is 9.90 Å². The number of hydrogen-bond acceptors (Lipinski definition) is 5. The highest BCUT2D eigenvalue weighted by Crippen LogP contribution is 2.33. The van der Waals surface area contributed by atoms with E-state index in [1.165, 1.54) is 0 Å². The zero-order chi connectivity index (χ0) is 19.6. The molecule has 3 rings (SSSR count). The predicted molar refractivity (Wildman–Crippen MR) is 104 cm³/mol. The Morgan fingerprint density at radius 3 is 2.48 bits per heavy atom. The molecule has 0 spiro atoms. The molecule has 1 aromatic carbocycles. The van der Waals surface area contributed by atoms with Crippen molar-refractivity contribution in [2.45, 2.75) is 47.1 Å². The van der Waals surface area contributed by atoms with Crippen molar-refractivity contribution in [2.24, 2.45) is 0 Å². The zero-order valence-corrected chi connectivity index (χ0v) is 16.2. The number of carbonyl (C=O) groups excluding carboxylic acids is 1. The van der Waals surface area contributed by atoms with Crippen LogP contribution in [0.2, 0.25) is 0 Å². The van der Waals surface area contributed by atoms with Crippen molar-refractivity contribution in [1.82, 2.24) is 14.6 Å². The normalized spacial score (nSPS) is 11.1. The van der Waals surface area contributed by atoms with E-state index < -0.39 is 5.97 Å². The first-order valence-electron chi connectivity index (χ1n) is 9.27. The number of fused-ring (bicyclic) bond motifs is 1. The van der Waals surface area contributed by atoms with Gasteiger partial charge in [0, 0.05) is 5.69 Å². The van der Waals surface area contributed by atoms with Crippen LogP contribution in [0, 0.1) is 13.8 Å². The first kappa shape index (κ1) is 19.0. The van der Waals surface area contributed by atoms with Crippen molar-refractivity contribution in [1.29, 1.82) is 0 Å². The minimum absolute atomic E-state index is 0.202. The van der Waals surface area contributed by atoms with Gasteiger partial charge >= 0.3 is 5.97 Å². The average Bonchev–Trinajstić information content (AvgIpc) is 3.01. The highest BCUT2D eigenvalue weighted by Gasteiger charge is 2.22. The number of nitrogens with zero attached hydrogens (tertiary/aromatic N) is 3. The summed E-state index contributed by atoms with van der Waals surface area (Å²) in [6.45, 7) is 7.98. The Morgan fingerprint density at radius 1 is 1.19 bits per heavy atom. The fraction of sp³-hybridized carbons (Fsp3) is 0.381. The van der Waals surface area contributed by atoms with Crippen LogP contribution >= 0.6 is 0 Å². The standard InChI is InChI=1S/C21H25N3O3/c1-5-8-15-11-16(21(26)27-6-2)22-20-19(17(12-25)23-24(15)20)18-13(3)9-7-10-14(18)4/h7,9-11,25H,5-6,8,12H2,1-4H3. The summed E-state index contributed by atoms with van der Waals surface area (Å²) < 4.78 is 6.90. The summed E-state index contributed by atoms with van der Waals surface area (Å²) >= 11 is 0. The number of esters is 1. The Balaban J connectivity index is 2.37. The molecular weight excluding hydrogens is 342 g/mol. The van der Waals surface area contributed by atoms with Crippen molar-refractivity contribution in [2.75, 3.05) is 6.61 Å². The second kappa shape index (κ2) is 7.88. The minimum atomic E-state index is -0.448. The van der Waals surface area contributed by atoms with Crippen molar-refractivity contribution in [3.8, 4) is 11.1 Å². The number of rotatable bonds is 6. The Hall–Kier alpha value is -2.73. The van der Waals surface area contributed by atoms with Crippen molar-refractivity contribution in [3.05, 3.63) is 52.5 Å². The number of aryl methyl sites for hydroxylation is 3. The molecule has 0 radical (unpaired) electrons. The lowest BCUT2D eigenvalue weighted by Crippen LogP contribution is -2.11. The van der Waals surface area contributed by atoms with E-state index in [0.717, 1.165) is 40.8 Å². The molecule has 6 heteroatoms. The van der Waals surface area contributed by atoms with Gasteiger partial charge in [0.25, 0.3) is 0 Å².